The van der Waals surface area contributed by atoms with Gasteiger partial charge in [0.25, 0.3) is 0 Å². The Hall–Kier alpha value is -2.07. The van der Waals surface area contributed by atoms with Gasteiger partial charge in [0, 0.05) is 6.54 Å². The molecule has 1 fully saturated rings. The lowest BCUT2D eigenvalue weighted by Gasteiger charge is -2.31. The summed E-state index contributed by atoms with van der Waals surface area (Å²) in [6.45, 7) is 8.21. The Kier molecular flexibility index (Phi) is 9.67. The molecular formula is C27H39NO3. The van der Waals surface area contributed by atoms with Crippen molar-refractivity contribution in [3.8, 4) is 5.75 Å². The van der Waals surface area contributed by atoms with E-state index in [1.807, 2.05) is 6.92 Å². The molecule has 31 heavy (non-hydrogen) atoms. The van der Waals surface area contributed by atoms with Gasteiger partial charge >= 0.3 is 5.97 Å². The zero-order valence-corrected chi connectivity index (χ0v) is 19.4. The van der Waals surface area contributed by atoms with Crippen LogP contribution in [-0.2, 0) is 16.1 Å². The summed E-state index contributed by atoms with van der Waals surface area (Å²) in [5.41, 5.74) is 1.34. The van der Waals surface area contributed by atoms with Crippen LogP contribution in [0.5, 0.6) is 5.75 Å². The van der Waals surface area contributed by atoms with Crippen LogP contribution < -0.4 is 4.74 Å². The van der Waals surface area contributed by atoms with Gasteiger partial charge in [0.05, 0.1) is 19.1 Å². The fourth-order valence-electron chi connectivity index (χ4n) is 4.46. The molecule has 0 aromatic heterocycles. The first kappa shape index (κ1) is 23.6. The van der Waals surface area contributed by atoms with E-state index in [2.05, 4.69) is 48.2 Å². The summed E-state index contributed by atoms with van der Waals surface area (Å²) in [4.78, 5) is 14.4. The number of hydrogen-bond acceptors (Lipinski definition) is 4. The molecule has 4 nitrogen and oxygen atoms in total. The molecule has 1 saturated heterocycles. The van der Waals surface area contributed by atoms with Crippen LogP contribution >= 0.6 is 0 Å². The first-order chi connectivity index (χ1) is 15.2. The Morgan fingerprint density at radius 2 is 1.77 bits per heavy atom. The first-order valence-electron chi connectivity index (χ1n) is 12.2. The minimum atomic E-state index is -0.0270. The smallest absolute Gasteiger partial charge is 0.309 e. The number of carbonyl (C=O) groups is 1. The Bertz CT molecular complexity index is 811. The van der Waals surface area contributed by atoms with Crippen LogP contribution in [0.2, 0.25) is 0 Å². The van der Waals surface area contributed by atoms with Crippen molar-refractivity contribution in [2.24, 2.45) is 5.92 Å². The minimum Gasteiger partial charge on any atom is -0.494 e. The van der Waals surface area contributed by atoms with Crippen molar-refractivity contribution in [2.45, 2.75) is 71.8 Å². The number of carbonyl (C=O) groups excluding carboxylic acids is 1. The SMILES string of the molecule is CCCCCCCCOc1ccc2c(CN3CCC(C(=O)OCC)CC3)cccc2c1. The number of nitrogens with zero attached hydrogens (tertiary/aromatic N) is 1. The molecule has 1 aliphatic heterocycles. The van der Waals surface area contributed by atoms with E-state index in [0.29, 0.717) is 6.61 Å². The maximum Gasteiger partial charge on any atom is 0.309 e. The van der Waals surface area contributed by atoms with E-state index in [9.17, 15) is 4.79 Å². The van der Waals surface area contributed by atoms with Crippen molar-refractivity contribution >= 4 is 16.7 Å². The summed E-state index contributed by atoms with van der Waals surface area (Å²) in [6.07, 6.45) is 9.46. The van der Waals surface area contributed by atoms with Gasteiger partial charge < -0.3 is 9.47 Å². The molecule has 0 unspecified atom stereocenters. The second kappa shape index (κ2) is 12.7. The van der Waals surface area contributed by atoms with E-state index in [1.165, 1.54) is 48.4 Å². The molecule has 0 amide bonds. The third-order valence-electron chi connectivity index (χ3n) is 6.31. The molecule has 0 radical (unpaired) electrons. The van der Waals surface area contributed by atoms with E-state index in [0.717, 1.165) is 51.3 Å². The van der Waals surface area contributed by atoms with Gasteiger partial charge in [-0.1, -0.05) is 63.3 Å². The lowest BCUT2D eigenvalue weighted by atomic mass is 9.96. The van der Waals surface area contributed by atoms with E-state index in [-0.39, 0.29) is 11.9 Å². The highest BCUT2D eigenvalue weighted by Gasteiger charge is 2.26. The van der Waals surface area contributed by atoms with Gasteiger partial charge in [0.15, 0.2) is 0 Å². The molecule has 3 rings (SSSR count). The van der Waals surface area contributed by atoms with E-state index < -0.39 is 0 Å². The van der Waals surface area contributed by atoms with Crippen molar-refractivity contribution in [1.29, 1.82) is 0 Å². The second-order valence-electron chi connectivity index (χ2n) is 8.72. The summed E-state index contributed by atoms with van der Waals surface area (Å²) in [5.74, 6) is 1.00. The average molecular weight is 426 g/mol. The fourth-order valence-corrected chi connectivity index (χ4v) is 4.46. The molecule has 2 aromatic rings. The number of hydrogen-bond donors (Lipinski definition) is 0. The molecule has 0 atom stereocenters. The number of benzene rings is 2. The Morgan fingerprint density at radius 3 is 2.55 bits per heavy atom. The molecule has 1 heterocycles. The van der Waals surface area contributed by atoms with E-state index in [4.69, 9.17) is 9.47 Å². The number of esters is 1. The van der Waals surface area contributed by atoms with Crippen molar-refractivity contribution in [1.82, 2.24) is 4.90 Å². The van der Waals surface area contributed by atoms with Crippen LogP contribution in [-0.4, -0.2) is 37.2 Å². The predicted octanol–water partition coefficient (Wildman–Crippen LogP) is 6.35. The molecule has 0 aliphatic carbocycles. The molecule has 170 valence electrons. The second-order valence-corrected chi connectivity index (χ2v) is 8.72. The number of unbranched alkanes of at least 4 members (excludes halogenated alkanes) is 5. The van der Waals surface area contributed by atoms with Crippen molar-refractivity contribution in [3.05, 3.63) is 42.0 Å². The maximum absolute atomic E-state index is 12.0. The van der Waals surface area contributed by atoms with E-state index in [1.54, 1.807) is 0 Å². The van der Waals surface area contributed by atoms with Gasteiger partial charge in [-0.2, -0.15) is 0 Å². The van der Waals surface area contributed by atoms with Gasteiger partial charge in [0.1, 0.15) is 5.75 Å². The van der Waals surface area contributed by atoms with Crippen molar-refractivity contribution in [2.75, 3.05) is 26.3 Å². The standard InChI is InChI=1S/C27H39NO3/c1-3-5-6-7-8-9-19-31-25-13-14-26-23(20-25)11-10-12-24(26)21-28-17-15-22(16-18-28)27(29)30-4-2/h10-14,20,22H,3-9,15-19,21H2,1-2H3. The lowest BCUT2D eigenvalue weighted by molar-refractivity contribution is -0.149. The molecule has 1 aliphatic rings. The van der Waals surface area contributed by atoms with Gasteiger partial charge in [-0.15, -0.1) is 0 Å². The number of likely N-dealkylation sites (tertiary alicyclic amines) is 1. The average Bonchev–Trinajstić information content (AvgIpc) is 2.79. The third kappa shape index (κ3) is 7.24. The zero-order valence-electron chi connectivity index (χ0n) is 19.4. The summed E-state index contributed by atoms with van der Waals surface area (Å²) < 4.78 is 11.2. The largest absolute Gasteiger partial charge is 0.494 e. The van der Waals surface area contributed by atoms with E-state index >= 15 is 0 Å². The number of piperidine rings is 1. The molecule has 0 spiro atoms. The van der Waals surface area contributed by atoms with Crippen LogP contribution in [0.15, 0.2) is 36.4 Å². The Morgan fingerprint density at radius 1 is 1.00 bits per heavy atom. The first-order valence-corrected chi connectivity index (χ1v) is 12.2. The van der Waals surface area contributed by atoms with Gasteiger partial charge in [-0.3, -0.25) is 9.69 Å². The molecule has 0 saturated carbocycles. The van der Waals surface area contributed by atoms with Crippen LogP contribution in [0.25, 0.3) is 10.8 Å². The van der Waals surface area contributed by atoms with Crippen LogP contribution in [0, 0.1) is 5.92 Å². The Labute approximate surface area is 187 Å². The quantitative estimate of drug-likeness (QED) is 0.293. The molecular weight excluding hydrogens is 386 g/mol. The van der Waals surface area contributed by atoms with Gasteiger partial charge in [0.2, 0.25) is 0 Å². The zero-order chi connectivity index (χ0) is 21.9. The third-order valence-corrected chi connectivity index (χ3v) is 6.31. The highest BCUT2D eigenvalue weighted by molar-refractivity contribution is 5.87. The number of rotatable bonds is 12. The highest BCUT2D eigenvalue weighted by atomic mass is 16.5. The lowest BCUT2D eigenvalue weighted by Crippen LogP contribution is -2.36. The summed E-state index contributed by atoms with van der Waals surface area (Å²) in [6, 6.07) is 13.0. The number of ether oxygens (including phenoxy) is 2. The molecule has 2 aromatic carbocycles. The van der Waals surface area contributed by atoms with Gasteiger partial charge in [-0.05, 0) is 67.7 Å². The Balaban J connectivity index is 1.50. The molecule has 0 N–H and O–H groups in total. The highest BCUT2D eigenvalue weighted by Crippen LogP contribution is 2.27. The summed E-state index contributed by atoms with van der Waals surface area (Å²) >= 11 is 0. The van der Waals surface area contributed by atoms with Crippen LogP contribution in [0.4, 0.5) is 0 Å². The predicted molar refractivity (Wildman–Crippen MR) is 127 cm³/mol. The van der Waals surface area contributed by atoms with Crippen LogP contribution in [0.1, 0.15) is 70.8 Å². The molecule has 0 bridgehead atoms. The summed E-state index contributed by atoms with van der Waals surface area (Å²) in [5, 5.41) is 2.53. The topological polar surface area (TPSA) is 38.8 Å². The maximum atomic E-state index is 12.0. The number of fused-ring (bicyclic) bond motifs is 1. The summed E-state index contributed by atoms with van der Waals surface area (Å²) in [7, 11) is 0. The minimum absolute atomic E-state index is 0.0270. The normalized spacial score (nSPS) is 15.3. The van der Waals surface area contributed by atoms with Crippen LogP contribution in [0.3, 0.4) is 0 Å². The molecule has 4 heteroatoms. The fraction of sp³-hybridized carbons (Fsp3) is 0.593. The van der Waals surface area contributed by atoms with Crippen molar-refractivity contribution in [3.63, 3.8) is 0 Å². The van der Waals surface area contributed by atoms with Crippen molar-refractivity contribution < 1.29 is 14.3 Å². The monoisotopic (exact) mass is 425 g/mol. The van der Waals surface area contributed by atoms with Gasteiger partial charge in [-0.25, -0.2) is 0 Å².